The van der Waals surface area contributed by atoms with Crippen LogP contribution in [-0.2, 0) is 0 Å². The van der Waals surface area contributed by atoms with Gasteiger partial charge in [0.05, 0.1) is 8.66 Å². The van der Waals surface area contributed by atoms with E-state index < -0.39 is 0 Å². The third-order valence-corrected chi connectivity index (χ3v) is 5.84. The summed E-state index contributed by atoms with van der Waals surface area (Å²) in [5.74, 6) is 1.53. The molecule has 0 unspecified atom stereocenters. The molecule has 3 heterocycles. The van der Waals surface area contributed by atoms with Crippen LogP contribution in [0.3, 0.4) is 0 Å². The van der Waals surface area contributed by atoms with Gasteiger partial charge in [-0.3, -0.25) is 4.40 Å². The molecule has 18 heavy (non-hydrogen) atoms. The molecule has 0 aliphatic heterocycles. The molecule has 8 heteroatoms. The van der Waals surface area contributed by atoms with Gasteiger partial charge in [-0.25, -0.2) is 4.98 Å². The van der Waals surface area contributed by atoms with Crippen LogP contribution < -0.4 is 0 Å². The molecule has 0 spiro atoms. The molecule has 4 nitrogen and oxygen atoms in total. The zero-order chi connectivity index (χ0) is 12.9. The summed E-state index contributed by atoms with van der Waals surface area (Å²) < 4.78 is 3.91. The average molecular weight is 409 g/mol. The molecule has 0 amide bonds. The van der Waals surface area contributed by atoms with Gasteiger partial charge in [0.2, 0.25) is 0 Å². The highest BCUT2D eigenvalue weighted by atomic mass is 79.9. The second-order valence-corrected chi connectivity index (χ2v) is 7.19. The average Bonchev–Trinajstić information content (AvgIpc) is 2.83. The number of thiophene rings is 1. The van der Waals surface area contributed by atoms with Crippen molar-refractivity contribution in [2.24, 2.45) is 0 Å². The van der Waals surface area contributed by atoms with Crippen molar-refractivity contribution in [2.45, 2.75) is 6.92 Å². The number of aryl methyl sites for hydroxylation is 1. The monoisotopic (exact) mass is 406 g/mol. The van der Waals surface area contributed by atoms with Crippen molar-refractivity contribution in [1.29, 1.82) is 0 Å². The molecule has 0 aromatic carbocycles. The highest BCUT2D eigenvalue weighted by Gasteiger charge is 2.15. The molecule has 0 fully saturated rings. The number of hydrogen-bond acceptors (Lipinski definition) is 4. The summed E-state index contributed by atoms with van der Waals surface area (Å²) in [5.41, 5.74) is 0.697. The molecule has 0 saturated heterocycles. The largest absolute Gasteiger partial charge is 0.262 e. The normalized spacial score (nSPS) is 11.3. The first kappa shape index (κ1) is 12.5. The standard InChI is InChI=1S/C10H5Br2ClN4S/c1-4-14-7(13)3-8-15-16-10(17(4)8)6-2-5(11)9(12)18-6/h2-3H,1H3. The molecular formula is C10H5Br2ClN4S. The Morgan fingerprint density at radius 3 is 2.72 bits per heavy atom. The van der Waals surface area contributed by atoms with E-state index in [9.17, 15) is 0 Å². The van der Waals surface area contributed by atoms with Gasteiger partial charge in [-0.15, -0.1) is 21.5 Å². The van der Waals surface area contributed by atoms with E-state index in [1.807, 2.05) is 17.4 Å². The molecule has 0 aliphatic carbocycles. The van der Waals surface area contributed by atoms with Crippen molar-refractivity contribution in [3.63, 3.8) is 0 Å². The van der Waals surface area contributed by atoms with Crippen molar-refractivity contribution in [1.82, 2.24) is 19.6 Å². The lowest BCUT2D eigenvalue weighted by atomic mass is 10.4. The first-order valence-electron chi connectivity index (χ1n) is 4.90. The van der Waals surface area contributed by atoms with Crippen molar-refractivity contribution in [3.05, 3.63) is 31.4 Å². The Morgan fingerprint density at radius 2 is 2.06 bits per heavy atom. The highest BCUT2D eigenvalue weighted by Crippen LogP contribution is 2.37. The molecule has 0 bridgehead atoms. The van der Waals surface area contributed by atoms with Crippen LogP contribution in [0, 0.1) is 6.92 Å². The van der Waals surface area contributed by atoms with E-state index in [2.05, 4.69) is 47.0 Å². The Labute approximate surface area is 128 Å². The fourth-order valence-electron chi connectivity index (χ4n) is 1.67. The Morgan fingerprint density at radius 1 is 1.28 bits per heavy atom. The number of nitrogens with zero attached hydrogens (tertiary/aromatic N) is 4. The first-order chi connectivity index (χ1) is 8.56. The lowest BCUT2D eigenvalue weighted by Gasteiger charge is -2.01. The molecule has 3 aromatic heterocycles. The molecular weight excluding hydrogens is 403 g/mol. The lowest BCUT2D eigenvalue weighted by Crippen LogP contribution is -1.97. The minimum Gasteiger partial charge on any atom is -0.262 e. The summed E-state index contributed by atoms with van der Waals surface area (Å²) in [6.45, 7) is 1.88. The molecule has 0 radical (unpaired) electrons. The summed E-state index contributed by atoms with van der Waals surface area (Å²) in [4.78, 5) is 5.23. The lowest BCUT2D eigenvalue weighted by molar-refractivity contribution is 0.991. The SMILES string of the molecule is Cc1nc(Cl)cc2nnc(-c3cc(Br)c(Br)s3)n12. The molecule has 92 valence electrons. The molecule has 3 aromatic rings. The van der Waals surface area contributed by atoms with Crippen LogP contribution in [0.25, 0.3) is 16.3 Å². The first-order valence-corrected chi connectivity index (χ1v) is 7.68. The topological polar surface area (TPSA) is 43.1 Å². The van der Waals surface area contributed by atoms with Gasteiger partial charge in [0.1, 0.15) is 11.0 Å². The van der Waals surface area contributed by atoms with E-state index in [0.29, 0.717) is 10.8 Å². The van der Waals surface area contributed by atoms with Crippen molar-refractivity contribution >= 4 is 60.4 Å². The number of aromatic nitrogens is 4. The predicted octanol–water partition coefficient (Wildman–Crippen LogP) is 4.34. The van der Waals surface area contributed by atoms with Gasteiger partial charge in [-0.1, -0.05) is 11.6 Å². The maximum Gasteiger partial charge on any atom is 0.179 e. The zero-order valence-corrected chi connectivity index (χ0v) is 13.7. The van der Waals surface area contributed by atoms with Gasteiger partial charge < -0.3 is 0 Å². The molecule has 0 saturated carbocycles. The van der Waals surface area contributed by atoms with E-state index in [0.717, 1.165) is 24.8 Å². The Bertz CT molecular complexity index is 732. The zero-order valence-electron chi connectivity index (χ0n) is 8.99. The van der Waals surface area contributed by atoms with E-state index in [-0.39, 0.29) is 0 Å². The van der Waals surface area contributed by atoms with Crippen LogP contribution in [0.2, 0.25) is 5.15 Å². The Balaban J connectivity index is 2.30. The van der Waals surface area contributed by atoms with Gasteiger partial charge >= 0.3 is 0 Å². The van der Waals surface area contributed by atoms with Crippen LogP contribution in [-0.4, -0.2) is 19.6 Å². The summed E-state index contributed by atoms with van der Waals surface area (Å²) in [6.07, 6.45) is 0. The van der Waals surface area contributed by atoms with E-state index in [1.165, 1.54) is 0 Å². The number of fused-ring (bicyclic) bond motifs is 1. The predicted molar refractivity (Wildman–Crippen MR) is 79.2 cm³/mol. The smallest absolute Gasteiger partial charge is 0.179 e. The van der Waals surface area contributed by atoms with Gasteiger partial charge in [-0.05, 0) is 44.8 Å². The maximum absolute atomic E-state index is 5.90. The molecule has 0 N–H and O–H groups in total. The number of rotatable bonds is 1. The quantitative estimate of drug-likeness (QED) is 0.563. The maximum atomic E-state index is 5.90. The number of halogens is 3. The fourth-order valence-corrected chi connectivity index (χ4v) is 3.90. The third-order valence-electron chi connectivity index (χ3n) is 2.39. The fraction of sp³-hybridized carbons (Fsp3) is 0.100. The van der Waals surface area contributed by atoms with Gasteiger partial charge in [-0.2, -0.15) is 0 Å². The van der Waals surface area contributed by atoms with Crippen LogP contribution in [0.15, 0.2) is 20.4 Å². The third kappa shape index (κ3) is 1.99. The van der Waals surface area contributed by atoms with Crippen LogP contribution >= 0.6 is 54.8 Å². The van der Waals surface area contributed by atoms with E-state index >= 15 is 0 Å². The summed E-state index contributed by atoms with van der Waals surface area (Å²) in [5, 5.41) is 8.75. The van der Waals surface area contributed by atoms with Crippen molar-refractivity contribution in [2.75, 3.05) is 0 Å². The molecule has 0 aliphatic rings. The Kier molecular flexibility index (Phi) is 3.17. The van der Waals surface area contributed by atoms with Crippen molar-refractivity contribution < 1.29 is 0 Å². The molecule has 3 rings (SSSR count). The van der Waals surface area contributed by atoms with Crippen LogP contribution in [0.5, 0.6) is 0 Å². The van der Waals surface area contributed by atoms with Crippen LogP contribution in [0.4, 0.5) is 0 Å². The second kappa shape index (κ2) is 4.56. The van der Waals surface area contributed by atoms with Gasteiger partial charge in [0.25, 0.3) is 0 Å². The summed E-state index contributed by atoms with van der Waals surface area (Å²) in [7, 11) is 0. The van der Waals surface area contributed by atoms with Crippen LogP contribution in [0.1, 0.15) is 5.82 Å². The van der Waals surface area contributed by atoms with Gasteiger partial charge in [0, 0.05) is 10.5 Å². The second-order valence-electron chi connectivity index (χ2n) is 3.58. The molecule has 0 atom stereocenters. The minimum absolute atomic E-state index is 0.424. The summed E-state index contributed by atoms with van der Waals surface area (Å²) >= 11 is 14.4. The Hall–Kier alpha value is -0.500. The van der Waals surface area contributed by atoms with Crippen molar-refractivity contribution in [3.8, 4) is 10.7 Å². The van der Waals surface area contributed by atoms with E-state index in [4.69, 9.17) is 11.6 Å². The van der Waals surface area contributed by atoms with Gasteiger partial charge in [0.15, 0.2) is 11.5 Å². The summed E-state index contributed by atoms with van der Waals surface area (Å²) in [6, 6.07) is 3.70. The minimum atomic E-state index is 0.424. The number of hydrogen-bond donors (Lipinski definition) is 0. The van der Waals surface area contributed by atoms with E-state index in [1.54, 1.807) is 17.4 Å². The highest BCUT2D eigenvalue weighted by molar-refractivity contribution is 9.13.